The fourth-order valence-electron chi connectivity index (χ4n) is 2.68. The average Bonchev–Trinajstić information content (AvgIpc) is 2.89. The second-order valence-electron chi connectivity index (χ2n) is 7.28. The van der Waals surface area contributed by atoms with Gasteiger partial charge in [-0.1, -0.05) is 32.0 Å². The molecule has 0 aromatic carbocycles. The molecule has 0 unspecified atom stereocenters. The van der Waals surface area contributed by atoms with Crippen molar-refractivity contribution in [3.8, 4) is 0 Å². The predicted octanol–water partition coefficient (Wildman–Crippen LogP) is 3.60. The lowest BCUT2D eigenvalue weighted by Crippen LogP contribution is -2.45. The monoisotopic (exact) mass is 424 g/mol. The van der Waals surface area contributed by atoms with Gasteiger partial charge in [0.1, 0.15) is 4.83 Å². The molecular weight excluding hydrogens is 396 g/mol. The van der Waals surface area contributed by atoms with E-state index in [9.17, 15) is 14.4 Å². The van der Waals surface area contributed by atoms with Gasteiger partial charge < -0.3 is 10.3 Å². The zero-order valence-electron chi connectivity index (χ0n) is 17.1. The molecule has 9 heteroatoms. The lowest BCUT2D eigenvalue weighted by Gasteiger charge is -2.13. The fourth-order valence-corrected chi connectivity index (χ4v) is 4.59. The van der Waals surface area contributed by atoms with E-state index in [1.54, 1.807) is 6.92 Å². The molecule has 0 spiro atoms. The molecule has 0 aliphatic heterocycles. The molecular formula is C19H28N4O3S2. The molecule has 28 heavy (non-hydrogen) atoms. The van der Waals surface area contributed by atoms with E-state index in [-0.39, 0.29) is 11.6 Å². The Hall–Kier alpha value is -1.87. The van der Waals surface area contributed by atoms with Gasteiger partial charge in [-0.25, -0.2) is 9.78 Å². The van der Waals surface area contributed by atoms with Crippen molar-refractivity contribution in [1.29, 1.82) is 0 Å². The summed E-state index contributed by atoms with van der Waals surface area (Å²) in [4.78, 5) is 45.7. The first-order chi connectivity index (χ1) is 13.1. The molecule has 7 nitrogen and oxygen atoms in total. The highest BCUT2D eigenvalue weighted by Gasteiger charge is 2.21. The summed E-state index contributed by atoms with van der Waals surface area (Å²) < 4.78 is 0. The van der Waals surface area contributed by atoms with Crippen LogP contribution in [0.15, 0.2) is 9.95 Å². The summed E-state index contributed by atoms with van der Waals surface area (Å²) in [6.45, 7) is 11.6. The molecule has 0 aliphatic rings. The first kappa shape index (κ1) is 22.4. The molecule has 0 radical (unpaired) electrons. The molecule has 0 fully saturated rings. The smallest absolute Gasteiger partial charge is 0.321 e. The minimum absolute atomic E-state index is 0.0668. The molecule has 2 rings (SSSR count). The van der Waals surface area contributed by atoms with Gasteiger partial charge in [0.2, 0.25) is 5.91 Å². The van der Waals surface area contributed by atoms with Crippen molar-refractivity contribution < 1.29 is 9.59 Å². The number of aromatic nitrogens is 2. The van der Waals surface area contributed by atoms with E-state index in [2.05, 4.69) is 34.4 Å². The van der Waals surface area contributed by atoms with E-state index < -0.39 is 17.2 Å². The van der Waals surface area contributed by atoms with Gasteiger partial charge in [0, 0.05) is 10.9 Å². The van der Waals surface area contributed by atoms with E-state index >= 15 is 0 Å². The van der Waals surface area contributed by atoms with E-state index in [1.165, 1.54) is 11.3 Å². The summed E-state index contributed by atoms with van der Waals surface area (Å²) >= 11 is 2.63. The quantitative estimate of drug-likeness (QED) is 0.465. The van der Waals surface area contributed by atoms with Crippen LogP contribution in [0.5, 0.6) is 0 Å². The molecule has 3 amide bonds. The van der Waals surface area contributed by atoms with Crippen LogP contribution in [0.3, 0.4) is 0 Å². The zero-order valence-corrected chi connectivity index (χ0v) is 18.8. The van der Waals surface area contributed by atoms with Gasteiger partial charge in [-0.2, -0.15) is 0 Å². The Morgan fingerprint density at radius 2 is 1.93 bits per heavy atom. The number of thioether (sulfide) groups is 1. The number of hydrogen-bond acceptors (Lipinski definition) is 6. The van der Waals surface area contributed by atoms with Crippen LogP contribution in [0.1, 0.15) is 51.5 Å². The van der Waals surface area contributed by atoms with E-state index in [4.69, 9.17) is 0 Å². The highest BCUT2D eigenvalue weighted by Crippen LogP contribution is 2.31. The molecule has 3 N–H and O–H groups in total. The molecule has 2 atom stereocenters. The Balaban J connectivity index is 2.19. The van der Waals surface area contributed by atoms with Crippen molar-refractivity contribution in [2.24, 2.45) is 5.92 Å². The third kappa shape index (κ3) is 5.57. The number of aryl methyl sites for hydroxylation is 1. The lowest BCUT2D eigenvalue weighted by atomic mass is 9.98. The first-order valence-corrected chi connectivity index (χ1v) is 11.1. The van der Waals surface area contributed by atoms with Gasteiger partial charge in [-0.05, 0) is 45.6 Å². The topological polar surface area (TPSA) is 104 Å². The van der Waals surface area contributed by atoms with E-state index in [1.807, 2.05) is 20.8 Å². The van der Waals surface area contributed by atoms with Crippen LogP contribution in [0.2, 0.25) is 0 Å². The van der Waals surface area contributed by atoms with Crippen molar-refractivity contribution in [3.63, 3.8) is 0 Å². The van der Waals surface area contributed by atoms with Crippen molar-refractivity contribution in [3.05, 3.63) is 20.8 Å². The highest BCUT2D eigenvalue weighted by molar-refractivity contribution is 8.00. The number of hydrogen-bond donors (Lipinski definition) is 3. The summed E-state index contributed by atoms with van der Waals surface area (Å²) in [5.41, 5.74) is 0.885. The second kappa shape index (κ2) is 9.56. The number of aromatic amines is 1. The average molecular weight is 425 g/mol. The third-order valence-corrected chi connectivity index (χ3v) is 6.43. The number of carbonyl (C=O) groups excluding carboxylic acids is 2. The van der Waals surface area contributed by atoms with Crippen LogP contribution in [0.25, 0.3) is 10.2 Å². The maximum atomic E-state index is 12.7. The summed E-state index contributed by atoms with van der Waals surface area (Å²) in [6.07, 6.45) is 1.90. The normalized spacial score (nSPS) is 13.5. The minimum atomic E-state index is -0.584. The Bertz CT molecular complexity index is 920. The summed E-state index contributed by atoms with van der Waals surface area (Å²) in [5.74, 6) is 0.0522. The number of rotatable bonds is 7. The number of amides is 3. The zero-order chi connectivity index (χ0) is 21.0. The second-order valence-corrected chi connectivity index (χ2v) is 9.82. The van der Waals surface area contributed by atoms with Crippen LogP contribution in [0, 0.1) is 12.8 Å². The Morgan fingerprint density at radius 3 is 2.54 bits per heavy atom. The predicted molar refractivity (Wildman–Crippen MR) is 115 cm³/mol. The van der Waals surface area contributed by atoms with Gasteiger partial charge in [0.05, 0.1) is 10.6 Å². The maximum Gasteiger partial charge on any atom is 0.321 e. The number of thiophene rings is 1. The van der Waals surface area contributed by atoms with Crippen LogP contribution in [-0.4, -0.2) is 33.2 Å². The summed E-state index contributed by atoms with van der Waals surface area (Å²) in [7, 11) is 0. The minimum Gasteiger partial charge on any atom is -0.336 e. The summed E-state index contributed by atoms with van der Waals surface area (Å²) in [6, 6.07) is -0.601. The number of H-pyrrole nitrogens is 1. The first-order valence-electron chi connectivity index (χ1n) is 9.42. The van der Waals surface area contributed by atoms with Crippen LogP contribution in [0.4, 0.5) is 4.79 Å². The number of carbonyl (C=O) groups is 2. The molecule has 2 aromatic rings. The number of urea groups is 1. The standard InChI is InChI=1S/C19H28N4O3S2/c1-7-10(4)8-13-11(5)27-17-14(13)16(25)22-19(23-17)28-12(6)15(24)21-18(26)20-9(2)3/h9-10,12H,7-8H2,1-6H3,(H,22,23,25)(H2,20,21,24,26)/t10-,12+/m0/s1. The van der Waals surface area contributed by atoms with Gasteiger partial charge in [0.15, 0.2) is 5.16 Å². The molecule has 0 saturated heterocycles. The number of imide groups is 1. The third-order valence-electron chi connectivity index (χ3n) is 4.40. The lowest BCUT2D eigenvalue weighted by molar-refractivity contribution is -0.119. The largest absolute Gasteiger partial charge is 0.336 e. The van der Waals surface area contributed by atoms with E-state index in [0.29, 0.717) is 21.3 Å². The van der Waals surface area contributed by atoms with Crippen molar-refractivity contribution >= 4 is 45.3 Å². The molecule has 2 heterocycles. The van der Waals surface area contributed by atoms with Gasteiger partial charge in [-0.15, -0.1) is 11.3 Å². The SMILES string of the molecule is CC[C@H](C)Cc1c(C)sc2nc(S[C@H](C)C(=O)NC(=O)NC(C)C)[nH]c(=O)c12. The van der Waals surface area contributed by atoms with Gasteiger partial charge in [-0.3, -0.25) is 14.9 Å². The summed E-state index contributed by atoms with van der Waals surface area (Å²) in [5, 5.41) is 5.35. The molecule has 2 aromatic heterocycles. The number of fused-ring (bicyclic) bond motifs is 1. The highest BCUT2D eigenvalue weighted by atomic mass is 32.2. The van der Waals surface area contributed by atoms with Crippen molar-refractivity contribution in [2.75, 3.05) is 0 Å². The van der Waals surface area contributed by atoms with Gasteiger partial charge >= 0.3 is 6.03 Å². The molecule has 0 bridgehead atoms. The Morgan fingerprint density at radius 1 is 1.25 bits per heavy atom. The molecule has 154 valence electrons. The molecule has 0 saturated carbocycles. The van der Waals surface area contributed by atoms with Crippen LogP contribution >= 0.6 is 23.1 Å². The Labute approximate surface area is 173 Å². The van der Waals surface area contributed by atoms with Crippen LogP contribution < -0.4 is 16.2 Å². The van der Waals surface area contributed by atoms with Crippen LogP contribution in [-0.2, 0) is 11.2 Å². The van der Waals surface area contributed by atoms with Crippen molar-refractivity contribution in [1.82, 2.24) is 20.6 Å². The van der Waals surface area contributed by atoms with Gasteiger partial charge in [0.25, 0.3) is 5.56 Å². The van der Waals surface area contributed by atoms with Crippen molar-refractivity contribution in [2.45, 2.75) is 70.8 Å². The maximum absolute atomic E-state index is 12.7. The molecule has 0 aliphatic carbocycles. The fraction of sp³-hybridized carbons (Fsp3) is 0.579. The number of nitrogens with one attached hydrogen (secondary N) is 3. The van der Waals surface area contributed by atoms with E-state index in [0.717, 1.165) is 35.0 Å². The Kier molecular flexibility index (Phi) is 7.65. The number of nitrogens with zero attached hydrogens (tertiary/aromatic N) is 1.